The molecule has 0 saturated heterocycles. The van der Waals surface area contributed by atoms with Crippen LogP contribution in [-0.2, 0) is 10.0 Å². The van der Waals surface area contributed by atoms with Crippen LogP contribution >= 0.6 is 0 Å². The van der Waals surface area contributed by atoms with Crippen LogP contribution in [0, 0.1) is 5.82 Å². The number of benzene rings is 1. The van der Waals surface area contributed by atoms with Crippen molar-refractivity contribution in [1.29, 1.82) is 0 Å². The summed E-state index contributed by atoms with van der Waals surface area (Å²) < 4.78 is 37.9. The minimum Gasteiger partial charge on any atom is -0.394 e. The Morgan fingerprint density at radius 3 is 2.53 bits per heavy atom. The largest absolute Gasteiger partial charge is 0.394 e. The van der Waals surface area contributed by atoms with E-state index < -0.39 is 33.4 Å². The minimum absolute atomic E-state index is 0.298. The van der Waals surface area contributed by atoms with Gasteiger partial charge in [-0.05, 0) is 12.1 Å². The third kappa shape index (κ3) is 3.22. The van der Waals surface area contributed by atoms with Crippen molar-refractivity contribution >= 4 is 10.0 Å². The molecule has 1 atom stereocenters. The maximum atomic E-state index is 13.3. The zero-order chi connectivity index (χ0) is 13.1. The van der Waals surface area contributed by atoms with Gasteiger partial charge in [0.2, 0.25) is 10.0 Å². The number of rotatable bonds is 5. The van der Waals surface area contributed by atoms with Crippen LogP contribution in [0.25, 0.3) is 0 Å². The maximum Gasteiger partial charge on any atom is 0.245 e. The van der Waals surface area contributed by atoms with Gasteiger partial charge in [0.25, 0.3) is 0 Å². The highest BCUT2D eigenvalue weighted by Gasteiger charge is 2.25. The predicted molar refractivity (Wildman–Crippen MR) is 59.3 cm³/mol. The van der Waals surface area contributed by atoms with Crippen molar-refractivity contribution in [3.8, 4) is 0 Å². The molecule has 1 aromatic rings. The Hall–Kier alpha value is -1.02. The van der Waals surface area contributed by atoms with Gasteiger partial charge in [-0.1, -0.05) is 12.1 Å². The molecule has 0 saturated carbocycles. The molecule has 0 radical (unpaired) electrons. The number of halogens is 1. The molecule has 0 aromatic heterocycles. The molecule has 0 amide bonds. The van der Waals surface area contributed by atoms with E-state index in [-0.39, 0.29) is 6.54 Å². The number of likely N-dealkylation sites (N-methyl/N-ethyl adjacent to an activating group) is 1. The average molecular weight is 263 g/mol. The van der Waals surface area contributed by atoms with Crippen molar-refractivity contribution < 1.29 is 23.0 Å². The van der Waals surface area contributed by atoms with Gasteiger partial charge in [0, 0.05) is 13.6 Å². The second-order valence-electron chi connectivity index (χ2n) is 3.55. The molecule has 0 spiro atoms. The van der Waals surface area contributed by atoms with Gasteiger partial charge in [0.1, 0.15) is 10.7 Å². The number of nitrogens with zero attached hydrogens (tertiary/aromatic N) is 1. The Morgan fingerprint density at radius 1 is 1.41 bits per heavy atom. The predicted octanol–water partition coefficient (Wildman–Crippen LogP) is -0.201. The van der Waals surface area contributed by atoms with Gasteiger partial charge in [-0.15, -0.1) is 0 Å². The summed E-state index contributed by atoms with van der Waals surface area (Å²) in [5.41, 5.74) is 0. The monoisotopic (exact) mass is 263 g/mol. The second kappa shape index (κ2) is 5.54. The van der Waals surface area contributed by atoms with Crippen molar-refractivity contribution in [3.05, 3.63) is 30.1 Å². The highest BCUT2D eigenvalue weighted by atomic mass is 32.2. The van der Waals surface area contributed by atoms with Crippen molar-refractivity contribution in [2.75, 3.05) is 20.2 Å². The Labute approximate surface area is 99.2 Å². The summed E-state index contributed by atoms with van der Waals surface area (Å²) in [6, 6.07) is 4.99. The minimum atomic E-state index is -3.99. The van der Waals surface area contributed by atoms with E-state index in [9.17, 15) is 12.8 Å². The fourth-order valence-electron chi connectivity index (χ4n) is 1.27. The summed E-state index contributed by atoms with van der Waals surface area (Å²) in [5.74, 6) is -0.849. The zero-order valence-electron chi connectivity index (χ0n) is 9.25. The van der Waals surface area contributed by atoms with Gasteiger partial charge in [-0.3, -0.25) is 0 Å². The molecule has 0 heterocycles. The lowest BCUT2D eigenvalue weighted by molar-refractivity contribution is 0.0825. The first-order valence-electron chi connectivity index (χ1n) is 4.89. The summed E-state index contributed by atoms with van der Waals surface area (Å²) in [7, 11) is -2.78. The normalized spacial score (nSPS) is 13.9. The first-order chi connectivity index (χ1) is 7.89. The van der Waals surface area contributed by atoms with Crippen molar-refractivity contribution in [3.63, 3.8) is 0 Å². The molecule has 0 fully saturated rings. The zero-order valence-corrected chi connectivity index (χ0v) is 10.1. The summed E-state index contributed by atoms with van der Waals surface area (Å²) in [5, 5.41) is 17.8. The topological polar surface area (TPSA) is 77.8 Å². The highest BCUT2D eigenvalue weighted by molar-refractivity contribution is 7.89. The van der Waals surface area contributed by atoms with Crippen LogP contribution in [0.15, 0.2) is 29.2 Å². The number of hydrogen-bond donors (Lipinski definition) is 2. The molecule has 0 bridgehead atoms. The lowest BCUT2D eigenvalue weighted by Gasteiger charge is -2.19. The lowest BCUT2D eigenvalue weighted by Crippen LogP contribution is -2.36. The number of aliphatic hydroxyl groups excluding tert-OH is 2. The maximum absolute atomic E-state index is 13.3. The van der Waals surface area contributed by atoms with E-state index in [1.165, 1.54) is 19.2 Å². The summed E-state index contributed by atoms with van der Waals surface area (Å²) in [6.07, 6.45) is -1.19. The molecule has 1 unspecified atom stereocenters. The number of sulfonamides is 1. The standard InChI is InChI=1S/C10H14FNO4S/c1-12(6-8(14)7-13)17(15,16)10-5-3-2-4-9(10)11/h2-5,8,13-14H,6-7H2,1H3. The molecule has 17 heavy (non-hydrogen) atoms. The van der Waals surface area contributed by atoms with Crippen LogP contribution in [0.1, 0.15) is 0 Å². The molecule has 5 nitrogen and oxygen atoms in total. The van der Waals surface area contributed by atoms with Gasteiger partial charge >= 0.3 is 0 Å². The molecule has 96 valence electrons. The smallest absolute Gasteiger partial charge is 0.245 e. The molecular weight excluding hydrogens is 249 g/mol. The average Bonchev–Trinajstić information content (AvgIpc) is 2.29. The van der Waals surface area contributed by atoms with E-state index in [4.69, 9.17) is 10.2 Å². The van der Waals surface area contributed by atoms with Crippen LogP contribution in [0.4, 0.5) is 4.39 Å². The number of aliphatic hydroxyl groups is 2. The van der Waals surface area contributed by atoms with Gasteiger partial charge in [-0.2, -0.15) is 4.31 Å². The molecule has 2 N–H and O–H groups in total. The van der Waals surface area contributed by atoms with Gasteiger partial charge in [0.05, 0.1) is 12.7 Å². The van der Waals surface area contributed by atoms with Crippen molar-refractivity contribution in [1.82, 2.24) is 4.31 Å². The van der Waals surface area contributed by atoms with Crippen molar-refractivity contribution in [2.45, 2.75) is 11.0 Å². The molecule has 1 rings (SSSR count). The van der Waals surface area contributed by atoms with Gasteiger partial charge < -0.3 is 10.2 Å². The Bertz CT molecular complexity index is 477. The van der Waals surface area contributed by atoms with E-state index in [2.05, 4.69) is 0 Å². The quantitative estimate of drug-likeness (QED) is 0.771. The fourth-order valence-corrected chi connectivity index (χ4v) is 2.54. The molecule has 0 aliphatic heterocycles. The highest BCUT2D eigenvalue weighted by Crippen LogP contribution is 2.17. The van der Waals surface area contributed by atoms with Gasteiger partial charge in [-0.25, -0.2) is 12.8 Å². The molecule has 0 aliphatic rings. The van der Waals surface area contributed by atoms with E-state index in [1.807, 2.05) is 0 Å². The Balaban J connectivity index is 3.00. The van der Waals surface area contributed by atoms with Crippen molar-refractivity contribution in [2.24, 2.45) is 0 Å². The molecule has 7 heteroatoms. The van der Waals surface area contributed by atoms with E-state index in [1.54, 1.807) is 0 Å². The van der Waals surface area contributed by atoms with Crippen LogP contribution in [0.5, 0.6) is 0 Å². The van der Waals surface area contributed by atoms with E-state index >= 15 is 0 Å². The van der Waals surface area contributed by atoms with Crippen LogP contribution in [-0.4, -0.2) is 49.2 Å². The molecular formula is C10H14FNO4S. The molecule has 0 aliphatic carbocycles. The van der Waals surface area contributed by atoms with Crippen LogP contribution < -0.4 is 0 Å². The van der Waals surface area contributed by atoms with Crippen LogP contribution in [0.2, 0.25) is 0 Å². The number of hydrogen-bond acceptors (Lipinski definition) is 4. The van der Waals surface area contributed by atoms with E-state index in [0.717, 1.165) is 16.4 Å². The molecule has 1 aromatic carbocycles. The summed E-state index contributed by atoms with van der Waals surface area (Å²) in [4.78, 5) is -0.451. The van der Waals surface area contributed by atoms with E-state index in [0.29, 0.717) is 0 Å². The SMILES string of the molecule is CN(CC(O)CO)S(=O)(=O)c1ccccc1F. The summed E-state index contributed by atoms with van der Waals surface area (Å²) in [6.45, 7) is -0.857. The Kier molecular flexibility index (Phi) is 4.58. The second-order valence-corrected chi connectivity index (χ2v) is 5.57. The first kappa shape index (κ1) is 14.0. The first-order valence-corrected chi connectivity index (χ1v) is 6.33. The Morgan fingerprint density at radius 2 is 2.00 bits per heavy atom. The third-order valence-corrected chi connectivity index (χ3v) is 4.06. The van der Waals surface area contributed by atoms with Gasteiger partial charge in [0.15, 0.2) is 0 Å². The summed E-state index contributed by atoms with van der Waals surface area (Å²) >= 11 is 0. The lowest BCUT2D eigenvalue weighted by atomic mass is 10.3. The third-order valence-electron chi connectivity index (χ3n) is 2.20. The fraction of sp³-hybridized carbons (Fsp3) is 0.400. The van der Waals surface area contributed by atoms with Crippen LogP contribution in [0.3, 0.4) is 0 Å².